The summed E-state index contributed by atoms with van der Waals surface area (Å²) in [5.41, 5.74) is 26.2. The van der Waals surface area contributed by atoms with E-state index in [1.165, 1.54) is 66.2 Å². The average molecular weight is 1310 g/mol. The third kappa shape index (κ3) is 17.0. The van der Waals surface area contributed by atoms with Crippen molar-refractivity contribution in [1.29, 1.82) is 0 Å². The molecular formula is C81H101ClN10Si2. The van der Waals surface area contributed by atoms with Gasteiger partial charge < -0.3 is 19.2 Å². The van der Waals surface area contributed by atoms with Crippen LogP contribution in [-0.2, 0) is 51.5 Å². The van der Waals surface area contributed by atoms with Gasteiger partial charge in [-0.25, -0.2) is 19.9 Å². The molecule has 0 unspecified atom stereocenters. The Morgan fingerprint density at radius 1 is 0.383 bits per heavy atom. The van der Waals surface area contributed by atoms with Crippen LogP contribution in [0.5, 0.6) is 0 Å². The maximum atomic E-state index is 5.96. The van der Waals surface area contributed by atoms with Gasteiger partial charge in [-0.3, -0.25) is 9.97 Å². The number of nitrogens with zero attached hydrogens (tertiary/aromatic N) is 8. The van der Waals surface area contributed by atoms with Crippen molar-refractivity contribution in [3.63, 3.8) is 0 Å². The molecule has 9 heterocycles. The zero-order chi connectivity index (χ0) is 66.1. The third-order valence-electron chi connectivity index (χ3n) is 19.1. The van der Waals surface area contributed by atoms with E-state index in [4.69, 9.17) is 32.3 Å². The number of hydrogen-bond acceptors (Lipinski definition) is 7. The van der Waals surface area contributed by atoms with Crippen LogP contribution in [0.3, 0.4) is 0 Å². The number of H-pyrrole nitrogens is 1. The van der Waals surface area contributed by atoms with Crippen molar-refractivity contribution in [2.24, 2.45) is 5.73 Å². The van der Waals surface area contributed by atoms with Gasteiger partial charge in [-0.05, 0) is 164 Å². The van der Waals surface area contributed by atoms with Crippen LogP contribution < -0.4 is 5.73 Å². The largest absolute Gasteiger partial charge is 0.358 e. The highest BCUT2D eigenvalue weighted by Gasteiger charge is 2.47. The first-order valence-electron chi connectivity index (χ1n) is 33.5. The van der Waals surface area contributed by atoms with Gasteiger partial charge in [0.2, 0.25) is 0 Å². The minimum Gasteiger partial charge on any atom is -0.358 e. The summed E-state index contributed by atoms with van der Waals surface area (Å²) in [6.45, 7) is 29.5. The number of hydrogen-bond donors (Lipinski definition) is 2. The van der Waals surface area contributed by atoms with Crippen molar-refractivity contribution in [3.05, 3.63) is 286 Å². The van der Waals surface area contributed by atoms with Crippen molar-refractivity contribution >= 4 is 61.2 Å². The fraction of sp³-hybridized carbons (Fsp3) is 0.333. The molecule has 12 aromatic rings. The van der Waals surface area contributed by atoms with Crippen molar-refractivity contribution in [3.8, 4) is 0 Å². The van der Waals surface area contributed by atoms with E-state index in [0.717, 1.165) is 73.3 Å². The average Bonchev–Trinajstić information content (AvgIpc) is 1.55. The fourth-order valence-corrected chi connectivity index (χ4v) is 28.3. The first-order valence-corrected chi connectivity index (χ1v) is 38.3. The molecular weight excluding hydrogens is 1200 g/mol. The monoisotopic (exact) mass is 1300 g/mol. The molecule has 0 radical (unpaired) electrons. The summed E-state index contributed by atoms with van der Waals surface area (Å²) in [5.74, 6) is 0. The number of rotatable bonds is 21. The highest BCUT2D eigenvalue weighted by atomic mass is 35.5. The van der Waals surface area contributed by atoms with Gasteiger partial charge in [0.15, 0.2) is 16.5 Å². The van der Waals surface area contributed by atoms with Gasteiger partial charge in [0.1, 0.15) is 22.1 Å². The summed E-state index contributed by atoms with van der Waals surface area (Å²) in [4.78, 5) is 31.0. The molecule has 0 aliphatic heterocycles. The standard InChI is InChI=1S/C30H39N3Si.C22H30ClN3Si.C21H19N3.C7H9N.CH4/c1-22(2)34(23(3)4,24(5)6)33-21-27(29-13-10-18-31-30(29)33)19-26-15-17-28(32-20-26)16-14-25-11-8-7-9-12-25;1-15(2)27(16(3)4,17(5)6)26-14-19(20-8-7-11-24-22(20)26)12-18-9-10-21(23)25-13-18;1-2-5-16(6-3-1)8-10-19-11-9-17(14-23-19)13-18-15-24-21-20(18)7-4-12-22-21;8-6-7-4-2-1-3-5-7;/h7-13,15,17-18,20-24H,14,16,19H2,1-6H3;7-11,13-17H,12H2,1-6H3;1-7,9,11-12,14-15H,8,10,13H2,(H,22,24);1-5H,6,8H2;1H4. The Kier molecular flexibility index (Phi) is 25.8. The Balaban J connectivity index is 0.000000172. The molecule has 0 amide bonds. The van der Waals surface area contributed by atoms with E-state index >= 15 is 0 Å². The van der Waals surface area contributed by atoms with Gasteiger partial charge in [0.05, 0.1) is 0 Å². The molecule has 0 aliphatic carbocycles. The fourth-order valence-electron chi connectivity index (χ4n) is 15.0. The van der Waals surface area contributed by atoms with Crippen molar-refractivity contribution in [2.45, 2.75) is 175 Å². The number of benzene rings is 3. The van der Waals surface area contributed by atoms with Gasteiger partial charge in [-0.1, -0.05) is 211 Å². The van der Waals surface area contributed by atoms with Crippen LogP contribution >= 0.6 is 11.6 Å². The molecule has 0 atom stereocenters. The minimum absolute atomic E-state index is 0. The Hall–Kier alpha value is -8.14. The van der Waals surface area contributed by atoms with Crippen LogP contribution in [0.15, 0.2) is 220 Å². The Morgan fingerprint density at radius 3 is 1.12 bits per heavy atom. The second-order valence-electron chi connectivity index (χ2n) is 26.7. The van der Waals surface area contributed by atoms with Crippen molar-refractivity contribution < 1.29 is 0 Å². The van der Waals surface area contributed by atoms with E-state index in [0.29, 0.717) is 44.9 Å². The number of aryl methyl sites for hydroxylation is 4. The molecule has 9 aromatic heterocycles. The van der Waals surface area contributed by atoms with E-state index < -0.39 is 16.5 Å². The lowest BCUT2D eigenvalue weighted by molar-refractivity contribution is 0.769. The Bertz CT molecular complexity index is 4150. The van der Waals surface area contributed by atoms with Crippen LogP contribution in [0.25, 0.3) is 33.1 Å². The maximum Gasteiger partial charge on any atom is 0.171 e. The quantitative estimate of drug-likeness (QED) is 0.0541. The van der Waals surface area contributed by atoms with Gasteiger partial charge in [-0.15, -0.1) is 0 Å². The summed E-state index contributed by atoms with van der Waals surface area (Å²) in [5, 5.41) is 4.26. The molecule has 94 heavy (non-hydrogen) atoms. The van der Waals surface area contributed by atoms with E-state index in [1.807, 2.05) is 85.7 Å². The lowest BCUT2D eigenvalue weighted by Gasteiger charge is -2.44. The number of nitrogens with two attached hydrogens (primary N) is 1. The Labute approximate surface area is 568 Å². The summed E-state index contributed by atoms with van der Waals surface area (Å²) < 4.78 is 5.24. The summed E-state index contributed by atoms with van der Waals surface area (Å²) in [6.07, 6.45) is 25.1. The molecule has 0 spiro atoms. The third-order valence-corrected chi connectivity index (χ3v) is 32.7. The zero-order valence-corrected chi connectivity index (χ0v) is 59.7. The number of fused-ring (bicyclic) bond motifs is 3. The van der Waals surface area contributed by atoms with Gasteiger partial charge in [-0.2, -0.15) is 0 Å². The van der Waals surface area contributed by atoms with E-state index in [-0.39, 0.29) is 7.43 Å². The lowest BCUT2D eigenvalue weighted by atomic mass is 10.0. The van der Waals surface area contributed by atoms with E-state index in [9.17, 15) is 0 Å². The molecule has 0 fully saturated rings. The smallest absolute Gasteiger partial charge is 0.171 e. The molecule has 490 valence electrons. The highest BCUT2D eigenvalue weighted by molar-refractivity contribution is 6.83. The van der Waals surface area contributed by atoms with E-state index in [2.05, 4.69) is 245 Å². The number of aromatic amines is 1. The summed E-state index contributed by atoms with van der Waals surface area (Å²) in [7, 11) is -3.73. The SMILES string of the molecule is C.CC(C)[Si](C(C)C)(C(C)C)n1cc(Cc2ccc(CCc3ccccc3)nc2)c2cccnc21.CC(C)[Si](C(C)C)(C(C)C)n1cc(Cc2ccc(Cl)nc2)c2cccnc21.NCc1ccccc1.c1ccc(CCc2ccc(Cc3c[nH]c4ncccc34)cn2)cc1. The summed E-state index contributed by atoms with van der Waals surface area (Å²) >= 11 is 5.96. The van der Waals surface area contributed by atoms with Gasteiger partial charge >= 0.3 is 0 Å². The molecule has 0 bridgehead atoms. The van der Waals surface area contributed by atoms with Crippen LogP contribution in [0, 0.1) is 0 Å². The number of nitrogens with one attached hydrogen (secondary N) is 1. The predicted octanol–water partition coefficient (Wildman–Crippen LogP) is 20.6. The molecule has 3 N–H and O–H groups in total. The Morgan fingerprint density at radius 2 is 0.755 bits per heavy atom. The normalized spacial score (nSPS) is 11.7. The van der Waals surface area contributed by atoms with Gasteiger partial charge in [0, 0.05) is 109 Å². The molecule has 13 heteroatoms. The number of aromatic nitrogens is 9. The lowest BCUT2D eigenvalue weighted by Crippen LogP contribution is -2.51. The molecule has 3 aromatic carbocycles. The highest BCUT2D eigenvalue weighted by Crippen LogP contribution is 2.46. The van der Waals surface area contributed by atoms with Gasteiger partial charge in [0.25, 0.3) is 0 Å². The second-order valence-corrected chi connectivity index (χ2v) is 38.5. The first-order chi connectivity index (χ1) is 44.9. The van der Waals surface area contributed by atoms with E-state index in [1.54, 1.807) is 0 Å². The molecule has 12 rings (SSSR count). The molecule has 0 saturated carbocycles. The maximum absolute atomic E-state index is 5.96. The van der Waals surface area contributed by atoms with Crippen molar-refractivity contribution in [2.75, 3.05) is 0 Å². The van der Waals surface area contributed by atoms with Crippen LogP contribution in [-0.4, -0.2) is 59.8 Å². The van der Waals surface area contributed by atoms with Crippen LogP contribution in [0.1, 0.15) is 152 Å². The molecule has 0 saturated heterocycles. The van der Waals surface area contributed by atoms with Crippen LogP contribution in [0.4, 0.5) is 0 Å². The second kappa shape index (κ2) is 33.8. The molecule has 10 nitrogen and oxygen atoms in total. The summed E-state index contributed by atoms with van der Waals surface area (Å²) in [6, 6.07) is 56.6. The predicted molar refractivity (Wildman–Crippen MR) is 403 cm³/mol. The number of halogens is 1. The van der Waals surface area contributed by atoms with Crippen molar-refractivity contribution in [1.82, 2.24) is 43.4 Å². The number of pyridine rings is 6. The van der Waals surface area contributed by atoms with Crippen LogP contribution in [0.2, 0.25) is 38.4 Å². The zero-order valence-electron chi connectivity index (χ0n) is 56.9. The molecule has 0 aliphatic rings. The first kappa shape index (κ1) is 71.7. The topological polar surface area (TPSA) is 129 Å². The minimum atomic E-state index is -1.88.